The fraction of sp³-hybridized carbons (Fsp3) is 0.682. The van der Waals surface area contributed by atoms with Crippen LogP contribution in [0.2, 0.25) is 0 Å². The largest absolute Gasteiger partial charge is 0.342 e. The molecular formula is C22H32N4O3. The van der Waals surface area contributed by atoms with E-state index >= 15 is 0 Å². The van der Waals surface area contributed by atoms with Crippen LogP contribution in [0.5, 0.6) is 0 Å². The van der Waals surface area contributed by atoms with Crippen molar-refractivity contribution in [3.05, 3.63) is 34.2 Å². The molecule has 29 heavy (non-hydrogen) atoms. The Kier molecular flexibility index (Phi) is 5.51. The van der Waals surface area contributed by atoms with Gasteiger partial charge in [0.1, 0.15) is 0 Å². The highest BCUT2D eigenvalue weighted by molar-refractivity contribution is 5.94. The number of aromatic amines is 1. The summed E-state index contributed by atoms with van der Waals surface area (Å²) in [6, 6.07) is 2.98. The molecule has 2 amide bonds. The number of rotatable bonds is 5. The molecule has 1 aliphatic carbocycles. The number of nitrogens with one attached hydrogen (secondary N) is 1. The van der Waals surface area contributed by atoms with Gasteiger partial charge < -0.3 is 19.7 Å². The molecule has 0 aromatic carbocycles. The van der Waals surface area contributed by atoms with E-state index in [-0.39, 0.29) is 16.9 Å². The summed E-state index contributed by atoms with van der Waals surface area (Å²) in [5.41, 5.74) is 0.228. The zero-order chi connectivity index (χ0) is 20.6. The Balaban J connectivity index is 1.46. The first-order chi connectivity index (χ1) is 13.9. The molecule has 0 unspecified atom stereocenters. The number of likely N-dealkylation sites (tertiary alicyclic amines) is 2. The average Bonchev–Trinajstić information content (AvgIpc) is 3.36. The molecule has 2 saturated heterocycles. The van der Waals surface area contributed by atoms with Crippen molar-refractivity contribution in [1.82, 2.24) is 19.7 Å². The van der Waals surface area contributed by atoms with Gasteiger partial charge in [0, 0.05) is 62.7 Å². The van der Waals surface area contributed by atoms with Gasteiger partial charge >= 0.3 is 0 Å². The Morgan fingerprint density at radius 1 is 1.14 bits per heavy atom. The summed E-state index contributed by atoms with van der Waals surface area (Å²) in [5, 5.41) is 0. The Hall–Kier alpha value is -2.15. The molecule has 3 fully saturated rings. The highest BCUT2D eigenvalue weighted by Gasteiger charge is 2.54. The molecule has 7 nitrogen and oxygen atoms in total. The van der Waals surface area contributed by atoms with Gasteiger partial charge in [-0.3, -0.25) is 14.4 Å². The highest BCUT2D eigenvalue weighted by Crippen LogP contribution is 2.44. The van der Waals surface area contributed by atoms with Gasteiger partial charge in [-0.05, 0) is 38.9 Å². The summed E-state index contributed by atoms with van der Waals surface area (Å²) in [6.07, 6.45) is 7.07. The third-order valence-electron chi connectivity index (χ3n) is 7.00. The summed E-state index contributed by atoms with van der Waals surface area (Å²) in [6.45, 7) is 3.66. The van der Waals surface area contributed by atoms with E-state index in [1.807, 2.05) is 4.90 Å². The lowest BCUT2D eigenvalue weighted by Crippen LogP contribution is -2.44. The second-order valence-corrected chi connectivity index (χ2v) is 9.55. The van der Waals surface area contributed by atoms with Gasteiger partial charge in [0.2, 0.25) is 11.5 Å². The van der Waals surface area contributed by atoms with Crippen molar-refractivity contribution in [3.63, 3.8) is 0 Å². The van der Waals surface area contributed by atoms with Crippen molar-refractivity contribution in [2.24, 2.45) is 17.3 Å². The van der Waals surface area contributed by atoms with Gasteiger partial charge in [0.15, 0.2) is 0 Å². The molecule has 0 radical (unpaired) electrons. The topological polar surface area (TPSA) is 76.7 Å². The highest BCUT2D eigenvalue weighted by atomic mass is 16.2. The fourth-order valence-electron chi connectivity index (χ4n) is 5.69. The van der Waals surface area contributed by atoms with Crippen LogP contribution < -0.4 is 5.56 Å². The van der Waals surface area contributed by atoms with E-state index in [1.54, 1.807) is 6.07 Å². The van der Waals surface area contributed by atoms with Gasteiger partial charge in [0.25, 0.3) is 5.91 Å². The Bertz CT molecular complexity index is 809. The zero-order valence-corrected chi connectivity index (χ0v) is 17.5. The minimum absolute atomic E-state index is 0.0439. The molecule has 1 saturated carbocycles. The average molecular weight is 401 g/mol. The van der Waals surface area contributed by atoms with Gasteiger partial charge in [-0.1, -0.05) is 12.8 Å². The molecule has 3 heterocycles. The van der Waals surface area contributed by atoms with Crippen molar-refractivity contribution in [2.75, 3.05) is 46.8 Å². The number of nitrogens with zero attached hydrogens (tertiary/aromatic N) is 3. The lowest BCUT2D eigenvalue weighted by molar-refractivity contribution is -0.131. The van der Waals surface area contributed by atoms with E-state index in [0.717, 1.165) is 19.6 Å². The van der Waals surface area contributed by atoms with Crippen molar-refractivity contribution in [3.8, 4) is 0 Å². The summed E-state index contributed by atoms with van der Waals surface area (Å²) >= 11 is 0. The number of fused-ring (bicyclic) bond motifs is 1. The molecule has 2 atom stereocenters. The lowest BCUT2D eigenvalue weighted by Gasteiger charge is -2.32. The number of aromatic nitrogens is 1. The number of pyridine rings is 1. The maximum atomic E-state index is 13.0. The third kappa shape index (κ3) is 4.10. The smallest absolute Gasteiger partial charge is 0.255 e. The van der Waals surface area contributed by atoms with Gasteiger partial charge in [-0.2, -0.15) is 0 Å². The van der Waals surface area contributed by atoms with Crippen LogP contribution in [0.4, 0.5) is 0 Å². The van der Waals surface area contributed by atoms with Crippen LogP contribution >= 0.6 is 0 Å². The first-order valence-electron chi connectivity index (χ1n) is 10.8. The van der Waals surface area contributed by atoms with Gasteiger partial charge in [-0.25, -0.2) is 0 Å². The molecule has 0 bridgehead atoms. The number of H-pyrrole nitrogens is 1. The quantitative estimate of drug-likeness (QED) is 0.811. The number of carbonyl (C=O) groups is 2. The number of amides is 2. The summed E-state index contributed by atoms with van der Waals surface area (Å²) in [4.78, 5) is 45.9. The molecule has 3 aliphatic rings. The summed E-state index contributed by atoms with van der Waals surface area (Å²) < 4.78 is 0. The number of hydrogen-bond donors (Lipinski definition) is 1. The maximum Gasteiger partial charge on any atom is 0.255 e. The first-order valence-corrected chi connectivity index (χ1v) is 10.8. The maximum absolute atomic E-state index is 13.0. The molecule has 0 spiro atoms. The SMILES string of the molecule is CN(C)C[C@@]12CN(C(=O)CC3CCCC3)C[C@@H]1CN(C(=O)c1ccc(=O)[nH]c1)C2. The second kappa shape index (κ2) is 7.94. The molecule has 4 rings (SSSR count). The van der Waals surface area contributed by atoms with Crippen molar-refractivity contribution in [1.29, 1.82) is 0 Å². The first kappa shape index (κ1) is 20.1. The Labute approximate surface area is 172 Å². The number of hydrogen-bond acceptors (Lipinski definition) is 4. The molecule has 1 aromatic rings. The van der Waals surface area contributed by atoms with Crippen LogP contribution in [-0.2, 0) is 4.79 Å². The monoisotopic (exact) mass is 400 g/mol. The van der Waals surface area contributed by atoms with Crippen LogP contribution in [0.25, 0.3) is 0 Å². The van der Waals surface area contributed by atoms with Crippen LogP contribution in [0.1, 0.15) is 42.5 Å². The van der Waals surface area contributed by atoms with Crippen LogP contribution in [0.3, 0.4) is 0 Å². The predicted molar refractivity (Wildman–Crippen MR) is 111 cm³/mol. The zero-order valence-electron chi connectivity index (χ0n) is 17.5. The fourth-order valence-corrected chi connectivity index (χ4v) is 5.69. The molecule has 1 N–H and O–H groups in total. The molecule has 7 heteroatoms. The number of carbonyl (C=O) groups excluding carboxylic acids is 2. The summed E-state index contributed by atoms with van der Waals surface area (Å²) in [5.74, 6) is 1.11. The second-order valence-electron chi connectivity index (χ2n) is 9.55. The molecule has 1 aromatic heterocycles. The van der Waals surface area contributed by atoms with Crippen LogP contribution in [0.15, 0.2) is 23.1 Å². The van der Waals surface area contributed by atoms with Crippen molar-refractivity contribution < 1.29 is 9.59 Å². The lowest BCUT2D eigenvalue weighted by atomic mass is 9.80. The Morgan fingerprint density at radius 2 is 1.83 bits per heavy atom. The normalized spacial score (nSPS) is 27.1. The van der Waals surface area contributed by atoms with Crippen molar-refractivity contribution >= 4 is 11.8 Å². The van der Waals surface area contributed by atoms with Crippen LogP contribution in [0, 0.1) is 17.3 Å². The molecular weight excluding hydrogens is 368 g/mol. The van der Waals surface area contributed by atoms with Crippen LogP contribution in [-0.4, -0.2) is 78.3 Å². The van der Waals surface area contributed by atoms with E-state index in [0.29, 0.717) is 42.8 Å². The summed E-state index contributed by atoms with van der Waals surface area (Å²) in [7, 11) is 4.11. The van der Waals surface area contributed by atoms with E-state index in [9.17, 15) is 14.4 Å². The Morgan fingerprint density at radius 3 is 2.48 bits per heavy atom. The van der Waals surface area contributed by atoms with Gasteiger partial charge in [-0.15, -0.1) is 0 Å². The minimum atomic E-state index is -0.208. The standard InChI is InChI=1S/C22H32N4O3/c1-24(2)13-22-14-25(20(28)9-16-5-3-4-6-16)11-18(22)12-26(15-22)21(29)17-7-8-19(27)23-10-17/h7-8,10,16,18H,3-6,9,11-15H2,1-2H3,(H,23,27)/t18-,22+/m1/s1. The third-order valence-corrected chi connectivity index (χ3v) is 7.00. The van der Waals surface area contributed by atoms with Crippen molar-refractivity contribution in [2.45, 2.75) is 32.1 Å². The minimum Gasteiger partial charge on any atom is -0.342 e. The van der Waals surface area contributed by atoms with E-state index in [4.69, 9.17) is 0 Å². The molecule has 2 aliphatic heterocycles. The van der Waals surface area contributed by atoms with Gasteiger partial charge in [0.05, 0.1) is 5.56 Å². The van der Waals surface area contributed by atoms with E-state index in [1.165, 1.54) is 37.9 Å². The van der Waals surface area contributed by atoms with E-state index < -0.39 is 0 Å². The molecule has 158 valence electrons. The van der Waals surface area contributed by atoms with E-state index in [2.05, 4.69) is 28.9 Å². The predicted octanol–water partition coefficient (Wildman–Crippen LogP) is 1.42.